The Kier molecular flexibility index (Phi) is 6.48. The largest absolute Gasteiger partial charge is 0.508 e. The van der Waals surface area contributed by atoms with Gasteiger partial charge in [0.25, 0.3) is 0 Å². The summed E-state index contributed by atoms with van der Waals surface area (Å²) in [5.74, 6) is 0.00274. The molecule has 0 saturated carbocycles. The SMILES string of the molecule is CC(NC(=O)C(N)CCCN=C(N)N)c1ccc(O)cc1. The van der Waals surface area contributed by atoms with Crippen LogP contribution in [0.2, 0.25) is 0 Å². The van der Waals surface area contributed by atoms with Gasteiger partial charge in [-0.3, -0.25) is 9.79 Å². The molecule has 0 aromatic heterocycles. The fourth-order valence-electron chi connectivity index (χ4n) is 1.82. The number of nitrogens with two attached hydrogens (primary N) is 3. The van der Waals surface area contributed by atoms with Crippen LogP contribution in [0.5, 0.6) is 5.75 Å². The van der Waals surface area contributed by atoms with Crippen LogP contribution < -0.4 is 22.5 Å². The molecule has 2 unspecified atom stereocenters. The fourth-order valence-corrected chi connectivity index (χ4v) is 1.82. The maximum atomic E-state index is 12.0. The molecule has 0 heterocycles. The first-order chi connectivity index (χ1) is 9.90. The minimum atomic E-state index is -0.598. The summed E-state index contributed by atoms with van der Waals surface area (Å²) < 4.78 is 0. The Hall–Kier alpha value is -2.28. The number of hydrogen-bond donors (Lipinski definition) is 5. The molecule has 2 atom stereocenters. The van der Waals surface area contributed by atoms with E-state index in [1.165, 1.54) is 0 Å². The number of phenols is 1. The smallest absolute Gasteiger partial charge is 0.237 e. The molecule has 1 aromatic carbocycles. The lowest BCUT2D eigenvalue weighted by atomic mass is 10.1. The number of rotatable bonds is 7. The van der Waals surface area contributed by atoms with Crippen molar-refractivity contribution in [1.29, 1.82) is 0 Å². The molecular formula is C14H23N5O2. The maximum Gasteiger partial charge on any atom is 0.237 e. The first-order valence-electron chi connectivity index (χ1n) is 6.80. The lowest BCUT2D eigenvalue weighted by Crippen LogP contribution is -2.41. The van der Waals surface area contributed by atoms with E-state index in [1.54, 1.807) is 24.3 Å². The normalized spacial score (nSPS) is 13.2. The van der Waals surface area contributed by atoms with E-state index in [0.717, 1.165) is 5.56 Å². The number of benzene rings is 1. The van der Waals surface area contributed by atoms with Gasteiger partial charge in [-0.15, -0.1) is 0 Å². The number of carbonyl (C=O) groups is 1. The molecule has 0 spiro atoms. The molecule has 8 N–H and O–H groups in total. The average Bonchev–Trinajstić information content (AvgIpc) is 2.43. The van der Waals surface area contributed by atoms with Gasteiger partial charge < -0.3 is 27.6 Å². The molecule has 1 rings (SSSR count). The second kappa shape index (κ2) is 8.11. The highest BCUT2D eigenvalue weighted by molar-refractivity contribution is 5.81. The van der Waals surface area contributed by atoms with Crippen LogP contribution in [0.1, 0.15) is 31.4 Å². The molecule has 0 bridgehead atoms. The van der Waals surface area contributed by atoms with E-state index >= 15 is 0 Å². The number of nitrogens with zero attached hydrogens (tertiary/aromatic N) is 1. The number of hydrogen-bond acceptors (Lipinski definition) is 4. The summed E-state index contributed by atoms with van der Waals surface area (Å²) in [5, 5.41) is 12.1. The van der Waals surface area contributed by atoms with E-state index in [0.29, 0.717) is 19.4 Å². The summed E-state index contributed by atoms with van der Waals surface area (Å²) in [7, 11) is 0. The van der Waals surface area contributed by atoms with Crippen molar-refractivity contribution in [3.8, 4) is 5.75 Å². The van der Waals surface area contributed by atoms with Gasteiger partial charge in [0, 0.05) is 6.54 Å². The minimum Gasteiger partial charge on any atom is -0.508 e. The average molecular weight is 293 g/mol. The first kappa shape index (κ1) is 16.8. The summed E-state index contributed by atoms with van der Waals surface area (Å²) in [6.07, 6.45) is 1.14. The maximum absolute atomic E-state index is 12.0. The van der Waals surface area contributed by atoms with Crippen molar-refractivity contribution in [2.45, 2.75) is 31.8 Å². The van der Waals surface area contributed by atoms with E-state index < -0.39 is 6.04 Å². The zero-order chi connectivity index (χ0) is 15.8. The number of aromatic hydroxyl groups is 1. The molecule has 116 valence electrons. The third kappa shape index (κ3) is 6.13. The quantitative estimate of drug-likeness (QED) is 0.272. The third-order valence-electron chi connectivity index (χ3n) is 3.06. The van der Waals surface area contributed by atoms with Crippen molar-refractivity contribution in [2.75, 3.05) is 6.54 Å². The highest BCUT2D eigenvalue weighted by Crippen LogP contribution is 2.16. The van der Waals surface area contributed by atoms with Crippen LogP contribution in [-0.4, -0.2) is 29.6 Å². The molecule has 0 saturated heterocycles. The van der Waals surface area contributed by atoms with Crippen molar-refractivity contribution in [2.24, 2.45) is 22.2 Å². The van der Waals surface area contributed by atoms with Crippen molar-refractivity contribution in [3.05, 3.63) is 29.8 Å². The van der Waals surface area contributed by atoms with Gasteiger partial charge in [0.05, 0.1) is 12.1 Å². The van der Waals surface area contributed by atoms with Crippen LogP contribution in [0.4, 0.5) is 0 Å². The van der Waals surface area contributed by atoms with Gasteiger partial charge in [0.1, 0.15) is 5.75 Å². The molecular weight excluding hydrogens is 270 g/mol. The van der Waals surface area contributed by atoms with Crippen LogP contribution >= 0.6 is 0 Å². The molecule has 0 aliphatic heterocycles. The highest BCUT2D eigenvalue weighted by atomic mass is 16.3. The Morgan fingerprint density at radius 1 is 1.33 bits per heavy atom. The Morgan fingerprint density at radius 2 is 1.95 bits per heavy atom. The molecule has 0 radical (unpaired) electrons. The fraction of sp³-hybridized carbons (Fsp3) is 0.429. The van der Waals surface area contributed by atoms with E-state index in [4.69, 9.17) is 17.2 Å². The van der Waals surface area contributed by atoms with Crippen LogP contribution in [0.3, 0.4) is 0 Å². The van der Waals surface area contributed by atoms with Gasteiger partial charge in [0.2, 0.25) is 5.91 Å². The van der Waals surface area contributed by atoms with Crippen molar-refractivity contribution < 1.29 is 9.90 Å². The summed E-state index contributed by atoms with van der Waals surface area (Å²) >= 11 is 0. The molecule has 0 fully saturated rings. The standard InChI is InChI=1S/C14H23N5O2/c1-9(10-4-6-11(20)7-5-10)19-13(21)12(15)3-2-8-18-14(16)17/h4-7,9,12,20H,2-3,8,15H2,1H3,(H,19,21)(H4,16,17,18). The summed E-state index contributed by atoms with van der Waals surface area (Å²) in [4.78, 5) is 15.8. The second-order valence-electron chi connectivity index (χ2n) is 4.88. The van der Waals surface area contributed by atoms with Crippen molar-refractivity contribution in [1.82, 2.24) is 5.32 Å². The molecule has 7 nitrogen and oxygen atoms in total. The summed E-state index contributed by atoms with van der Waals surface area (Å²) in [6.45, 7) is 2.31. The highest BCUT2D eigenvalue weighted by Gasteiger charge is 2.16. The summed E-state index contributed by atoms with van der Waals surface area (Å²) in [6, 6.07) is 5.88. The van der Waals surface area contributed by atoms with Crippen LogP contribution in [0.25, 0.3) is 0 Å². The summed E-state index contributed by atoms with van der Waals surface area (Å²) in [5.41, 5.74) is 17.1. The Balaban J connectivity index is 2.41. The molecule has 1 aromatic rings. The Bertz CT molecular complexity index is 483. The van der Waals surface area contributed by atoms with Gasteiger partial charge in [-0.2, -0.15) is 0 Å². The topological polar surface area (TPSA) is 140 Å². The number of carbonyl (C=O) groups excluding carboxylic acids is 1. The molecule has 21 heavy (non-hydrogen) atoms. The van der Waals surface area contributed by atoms with Gasteiger partial charge >= 0.3 is 0 Å². The van der Waals surface area contributed by atoms with E-state index in [-0.39, 0.29) is 23.7 Å². The molecule has 0 aliphatic rings. The second-order valence-corrected chi connectivity index (χ2v) is 4.88. The Morgan fingerprint density at radius 3 is 2.52 bits per heavy atom. The Labute approximate surface area is 124 Å². The van der Waals surface area contributed by atoms with E-state index in [9.17, 15) is 9.90 Å². The molecule has 0 aliphatic carbocycles. The molecule has 7 heteroatoms. The first-order valence-corrected chi connectivity index (χ1v) is 6.80. The predicted molar refractivity (Wildman–Crippen MR) is 82.6 cm³/mol. The lowest BCUT2D eigenvalue weighted by Gasteiger charge is -2.17. The van der Waals surface area contributed by atoms with Gasteiger partial charge in [-0.1, -0.05) is 12.1 Å². The van der Waals surface area contributed by atoms with E-state index in [2.05, 4.69) is 10.3 Å². The zero-order valence-corrected chi connectivity index (χ0v) is 12.1. The van der Waals surface area contributed by atoms with Crippen LogP contribution in [0.15, 0.2) is 29.3 Å². The third-order valence-corrected chi connectivity index (χ3v) is 3.06. The van der Waals surface area contributed by atoms with Crippen LogP contribution in [-0.2, 0) is 4.79 Å². The lowest BCUT2D eigenvalue weighted by molar-refractivity contribution is -0.123. The van der Waals surface area contributed by atoms with Gasteiger partial charge in [-0.25, -0.2) is 0 Å². The number of aliphatic imine (C=N–C) groups is 1. The van der Waals surface area contributed by atoms with Gasteiger partial charge in [-0.05, 0) is 37.5 Å². The predicted octanol–water partition coefficient (Wildman–Crippen LogP) is -0.0497. The zero-order valence-electron chi connectivity index (χ0n) is 12.1. The number of guanidine groups is 1. The van der Waals surface area contributed by atoms with Crippen molar-refractivity contribution in [3.63, 3.8) is 0 Å². The monoisotopic (exact) mass is 293 g/mol. The number of phenolic OH excluding ortho intramolecular Hbond substituents is 1. The number of amides is 1. The van der Waals surface area contributed by atoms with Gasteiger partial charge in [0.15, 0.2) is 5.96 Å². The van der Waals surface area contributed by atoms with Crippen molar-refractivity contribution >= 4 is 11.9 Å². The number of nitrogens with one attached hydrogen (secondary N) is 1. The molecule has 1 amide bonds. The van der Waals surface area contributed by atoms with Crippen LogP contribution in [0, 0.1) is 0 Å². The van der Waals surface area contributed by atoms with E-state index in [1.807, 2.05) is 6.92 Å². The minimum absolute atomic E-state index is 0.0361.